The lowest BCUT2D eigenvalue weighted by atomic mass is 10.3. The number of hydrazine groups is 1. The maximum atomic E-state index is 5.45. The van der Waals surface area contributed by atoms with Gasteiger partial charge in [0.05, 0.1) is 6.54 Å². The Morgan fingerprint density at radius 2 is 2.26 bits per heavy atom. The number of thioether (sulfide) groups is 1. The molecule has 8 heteroatoms. The van der Waals surface area contributed by atoms with Crippen molar-refractivity contribution in [1.29, 1.82) is 0 Å². The van der Waals surface area contributed by atoms with Gasteiger partial charge in [0.25, 0.3) is 0 Å². The largest absolute Gasteiger partial charge is 0.347 e. The van der Waals surface area contributed by atoms with Gasteiger partial charge in [-0.25, -0.2) is 20.8 Å². The lowest BCUT2D eigenvalue weighted by Crippen LogP contribution is -2.34. The van der Waals surface area contributed by atoms with Crippen LogP contribution in [0.15, 0.2) is 23.6 Å². The van der Waals surface area contributed by atoms with Gasteiger partial charge in [-0.2, -0.15) is 0 Å². The van der Waals surface area contributed by atoms with Crippen LogP contribution in [0.1, 0.15) is 5.82 Å². The van der Waals surface area contributed by atoms with Gasteiger partial charge in [-0.15, -0.1) is 0 Å². The Morgan fingerprint density at radius 3 is 3.05 bits per heavy atom. The van der Waals surface area contributed by atoms with Gasteiger partial charge in [-0.3, -0.25) is 0 Å². The van der Waals surface area contributed by atoms with Gasteiger partial charge in [0, 0.05) is 31.5 Å². The Morgan fingerprint density at radius 1 is 1.37 bits per heavy atom. The van der Waals surface area contributed by atoms with E-state index in [0.717, 1.165) is 31.3 Å². The van der Waals surface area contributed by atoms with Crippen molar-refractivity contribution >= 4 is 23.4 Å². The van der Waals surface area contributed by atoms with E-state index >= 15 is 0 Å². The summed E-state index contributed by atoms with van der Waals surface area (Å²) in [6.07, 6.45) is 5.79. The minimum absolute atomic E-state index is 0.628. The third kappa shape index (κ3) is 2.36. The summed E-state index contributed by atoms with van der Waals surface area (Å²) in [6, 6.07) is 1.86. The number of nitrogens with zero attached hydrogens (tertiary/aromatic N) is 5. The predicted molar refractivity (Wildman–Crippen MR) is 74.9 cm³/mol. The molecule has 1 aliphatic rings. The smallest absolute Gasteiger partial charge is 0.191 e. The number of nitrogen functional groups attached to an aromatic ring is 1. The number of hydrogen-bond donors (Lipinski definition) is 2. The molecular weight excluding hydrogens is 262 g/mol. The van der Waals surface area contributed by atoms with E-state index in [1.165, 1.54) is 11.8 Å². The first-order chi connectivity index (χ1) is 9.30. The zero-order valence-corrected chi connectivity index (χ0v) is 11.4. The van der Waals surface area contributed by atoms with Crippen LogP contribution in [0.3, 0.4) is 0 Å². The summed E-state index contributed by atoms with van der Waals surface area (Å²) in [7, 11) is 0. The molecule has 3 heterocycles. The van der Waals surface area contributed by atoms with Crippen LogP contribution in [0.25, 0.3) is 0 Å². The van der Waals surface area contributed by atoms with Crippen LogP contribution in [0.5, 0.6) is 0 Å². The third-order valence-corrected chi connectivity index (χ3v) is 3.64. The van der Waals surface area contributed by atoms with Crippen molar-refractivity contribution < 1.29 is 0 Å². The molecule has 0 atom stereocenters. The molecule has 0 fully saturated rings. The number of rotatable bonds is 3. The summed E-state index contributed by atoms with van der Waals surface area (Å²) < 4.78 is 2.16. The fraction of sp³-hybridized carbons (Fsp3) is 0.364. The zero-order valence-electron chi connectivity index (χ0n) is 10.6. The van der Waals surface area contributed by atoms with Crippen LogP contribution in [0, 0.1) is 0 Å². The number of imidazole rings is 1. The van der Waals surface area contributed by atoms with E-state index in [9.17, 15) is 0 Å². The maximum absolute atomic E-state index is 5.45. The molecule has 1 aliphatic heterocycles. The molecular formula is C11H15N7S. The molecule has 0 saturated carbocycles. The summed E-state index contributed by atoms with van der Waals surface area (Å²) in [6.45, 7) is 2.57. The molecule has 2 aromatic heterocycles. The van der Waals surface area contributed by atoms with Crippen molar-refractivity contribution in [3.05, 3.63) is 24.3 Å². The van der Waals surface area contributed by atoms with Crippen LogP contribution in [0.4, 0.5) is 11.6 Å². The molecule has 3 rings (SSSR count). The van der Waals surface area contributed by atoms with Gasteiger partial charge in [0.2, 0.25) is 0 Å². The van der Waals surface area contributed by atoms with E-state index in [0.29, 0.717) is 11.0 Å². The van der Waals surface area contributed by atoms with E-state index < -0.39 is 0 Å². The van der Waals surface area contributed by atoms with Crippen LogP contribution in [-0.4, -0.2) is 32.3 Å². The number of nitrogens with one attached hydrogen (secondary N) is 1. The highest BCUT2D eigenvalue weighted by molar-refractivity contribution is 7.98. The standard InChI is InChI=1S/C11H15N7S/c1-19-11-14-8(16-12)6-9(15-11)18-5-4-17-3-2-13-10(17)7-18/h2-3,6H,4-5,7,12H2,1H3,(H,14,15,16). The highest BCUT2D eigenvalue weighted by atomic mass is 32.2. The van der Waals surface area contributed by atoms with Gasteiger partial charge < -0.3 is 14.9 Å². The van der Waals surface area contributed by atoms with E-state index in [2.05, 4.69) is 29.8 Å². The fourth-order valence-corrected chi connectivity index (χ4v) is 2.48. The number of hydrogen-bond acceptors (Lipinski definition) is 7. The van der Waals surface area contributed by atoms with Crippen LogP contribution < -0.4 is 16.2 Å². The average molecular weight is 277 g/mol. The van der Waals surface area contributed by atoms with Gasteiger partial charge in [0.1, 0.15) is 17.5 Å². The second-order valence-electron chi connectivity index (χ2n) is 4.20. The first-order valence-electron chi connectivity index (χ1n) is 5.95. The molecule has 0 spiro atoms. The molecule has 3 N–H and O–H groups in total. The van der Waals surface area contributed by atoms with Crippen molar-refractivity contribution in [2.45, 2.75) is 18.2 Å². The second-order valence-corrected chi connectivity index (χ2v) is 4.97. The van der Waals surface area contributed by atoms with E-state index in [4.69, 9.17) is 5.84 Å². The molecule has 0 aliphatic carbocycles. The summed E-state index contributed by atoms with van der Waals surface area (Å²) in [4.78, 5) is 15.3. The van der Waals surface area contributed by atoms with Gasteiger partial charge >= 0.3 is 0 Å². The first-order valence-corrected chi connectivity index (χ1v) is 7.17. The highest BCUT2D eigenvalue weighted by Gasteiger charge is 2.19. The lowest BCUT2D eigenvalue weighted by molar-refractivity contribution is 0.554. The Labute approximate surface area is 115 Å². The van der Waals surface area contributed by atoms with Crippen LogP contribution in [0.2, 0.25) is 0 Å². The Bertz CT molecular complexity index is 560. The average Bonchev–Trinajstić information content (AvgIpc) is 2.94. The van der Waals surface area contributed by atoms with E-state index in [1.54, 1.807) is 0 Å². The van der Waals surface area contributed by atoms with Crippen LogP contribution in [-0.2, 0) is 13.1 Å². The quantitative estimate of drug-likeness (QED) is 0.370. The molecule has 0 saturated heterocycles. The highest BCUT2D eigenvalue weighted by Crippen LogP contribution is 2.23. The summed E-state index contributed by atoms with van der Waals surface area (Å²) in [5.74, 6) is 8.01. The molecule has 0 unspecified atom stereocenters. The molecule has 100 valence electrons. The van der Waals surface area contributed by atoms with E-state index in [1.807, 2.05) is 24.7 Å². The second kappa shape index (κ2) is 5.06. The first kappa shape index (κ1) is 12.2. The van der Waals surface area contributed by atoms with Crippen molar-refractivity contribution in [2.24, 2.45) is 5.84 Å². The lowest BCUT2D eigenvalue weighted by Gasteiger charge is -2.28. The zero-order chi connectivity index (χ0) is 13.2. The number of nitrogens with two attached hydrogens (primary N) is 1. The monoisotopic (exact) mass is 277 g/mol. The Kier molecular flexibility index (Phi) is 3.26. The minimum atomic E-state index is 0.628. The van der Waals surface area contributed by atoms with Gasteiger partial charge in [0.15, 0.2) is 5.16 Å². The number of aromatic nitrogens is 4. The van der Waals surface area contributed by atoms with Crippen molar-refractivity contribution in [3.8, 4) is 0 Å². The molecule has 2 aromatic rings. The summed E-state index contributed by atoms with van der Waals surface area (Å²) in [5, 5.41) is 0.708. The number of anilines is 2. The van der Waals surface area contributed by atoms with Gasteiger partial charge in [-0.1, -0.05) is 11.8 Å². The molecule has 19 heavy (non-hydrogen) atoms. The van der Waals surface area contributed by atoms with E-state index in [-0.39, 0.29) is 0 Å². The van der Waals surface area contributed by atoms with Crippen LogP contribution >= 0.6 is 11.8 Å². The predicted octanol–water partition coefficient (Wildman–Crippen LogP) is 0.701. The topological polar surface area (TPSA) is 84.9 Å². The molecule has 0 radical (unpaired) electrons. The fourth-order valence-electron chi connectivity index (χ4n) is 2.11. The molecule has 7 nitrogen and oxygen atoms in total. The molecule has 0 amide bonds. The SMILES string of the molecule is CSc1nc(NN)cc(N2CCn3ccnc3C2)n1. The normalized spacial score (nSPS) is 14.3. The molecule has 0 bridgehead atoms. The molecule has 0 aromatic carbocycles. The van der Waals surface area contributed by atoms with Crippen molar-refractivity contribution in [2.75, 3.05) is 23.1 Å². The van der Waals surface area contributed by atoms with Crippen molar-refractivity contribution in [3.63, 3.8) is 0 Å². The summed E-state index contributed by atoms with van der Waals surface area (Å²) >= 11 is 1.50. The summed E-state index contributed by atoms with van der Waals surface area (Å²) in [5.41, 5.74) is 2.58. The third-order valence-electron chi connectivity index (χ3n) is 3.09. The maximum Gasteiger partial charge on any atom is 0.191 e. The van der Waals surface area contributed by atoms with Gasteiger partial charge in [-0.05, 0) is 6.26 Å². The number of fused-ring (bicyclic) bond motifs is 1. The Balaban J connectivity index is 1.90. The Hall–Kier alpha value is -1.80. The van der Waals surface area contributed by atoms with Crippen molar-refractivity contribution in [1.82, 2.24) is 19.5 Å². The minimum Gasteiger partial charge on any atom is -0.347 e.